The number of hydrogen-bond acceptors (Lipinski definition) is 3. The summed E-state index contributed by atoms with van der Waals surface area (Å²) in [5, 5.41) is 3.88. The van der Waals surface area contributed by atoms with Gasteiger partial charge in [0.2, 0.25) is 5.91 Å². The van der Waals surface area contributed by atoms with Gasteiger partial charge in [-0.05, 0) is 67.6 Å². The lowest BCUT2D eigenvalue weighted by molar-refractivity contribution is -0.141. The molecule has 0 bridgehead atoms. The van der Waals surface area contributed by atoms with Gasteiger partial charge in [0.1, 0.15) is 0 Å². The van der Waals surface area contributed by atoms with Gasteiger partial charge in [-0.1, -0.05) is 6.07 Å². The van der Waals surface area contributed by atoms with Crippen molar-refractivity contribution in [2.75, 3.05) is 6.54 Å². The molecule has 160 valence electrons. The minimum absolute atomic E-state index is 0.129. The van der Waals surface area contributed by atoms with Gasteiger partial charge in [-0.3, -0.25) is 9.78 Å². The number of pyridine rings is 1. The number of likely N-dealkylation sites (tertiary alicyclic amines) is 1. The Kier molecular flexibility index (Phi) is 4.60. The lowest BCUT2D eigenvalue weighted by Gasteiger charge is -2.23. The molecule has 2 aromatic heterocycles. The van der Waals surface area contributed by atoms with E-state index in [1.165, 1.54) is 4.68 Å². The topological polar surface area (TPSA) is 51.0 Å². The molecule has 8 heteroatoms. The van der Waals surface area contributed by atoms with Gasteiger partial charge in [-0.2, -0.15) is 18.3 Å². The highest BCUT2D eigenvalue weighted by Crippen LogP contribution is 2.35. The summed E-state index contributed by atoms with van der Waals surface area (Å²) in [6.07, 6.45) is -0.00783. The van der Waals surface area contributed by atoms with Gasteiger partial charge in [-0.25, -0.2) is 4.68 Å². The Labute approximate surface area is 177 Å². The highest BCUT2D eigenvalue weighted by atomic mass is 19.4. The average molecular weight is 426 g/mol. The van der Waals surface area contributed by atoms with E-state index in [9.17, 15) is 18.0 Å². The third kappa shape index (κ3) is 3.60. The fraction of sp³-hybridized carbons (Fsp3) is 0.348. The Hall–Kier alpha value is -3.16. The predicted molar refractivity (Wildman–Crippen MR) is 109 cm³/mol. The quantitative estimate of drug-likeness (QED) is 0.626. The number of carbonyl (C=O) groups excluding carboxylic acids is 1. The molecule has 1 aliphatic heterocycles. The van der Waals surface area contributed by atoms with Crippen LogP contribution in [0.15, 0.2) is 42.6 Å². The monoisotopic (exact) mass is 426 g/mol. The molecule has 0 saturated carbocycles. The molecule has 31 heavy (non-hydrogen) atoms. The van der Waals surface area contributed by atoms with E-state index in [2.05, 4.69) is 10.1 Å². The number of hydrogen-bond donors (Lipinski definition) is 0. The summed E-state index contributed by atoms with van der Waals surface area (Å²) in [6, 6.07) is 10.3. The van der Waals surface area contributed by atoms with Crippen molar-refractivity contribution in [1.29, 1.82) is 0 Å². The van der Waals surface area contributed by atoms with Crippen LogP contribution in [0.1, 0.15) is 35.4 Å². The summed E-state index contributed by atoms with van der Waals surface area (Å²) in [6.45, 7) is 2.60. The van der Waals surface area contributed by atoms with Crippen LogP contribution in [0.3, 0.4) is 0 Å². The first-order valence-electron chi connectivity index (χ1n) is 10.3. The second kappa shape index (κ2) is 7.21. The summed E-state index contributed by atoms with van der Waals surface area (Å²) in [5.41, 5.74) is 3.50. The van der Waals surface area contributed by atoms with E-state index in [1.807, 2.05) is 24.0 Å². The lowest BCUT2D eigenvalue weighted by atomic mass is 10.1. The number of carbonyl (C=O) groups is 1. The van der Waals surface area contributed by atoms with Gasteiger partial charge in [0.05, 0.1) is 11.4 Å². The van der Waals surface area contributed by atoms with Gasteiger partial charge in [0.25, 0.3) is 0 Å². The summed E-state index contributed by atoms with van der Waals surface area (Å²) in [4.78, 5) is 18.3. The minimum Gasteiger partial charge on any atom is -0.339 e. The van der Waals surface area contributed by atoms with Crippen molar-refractivity contribution in [1.82, 2.24) is 19.7 Å². The van der Waals surface area contributed by atoms with E-state index in [0.29, 0.717) is 29.8 Å². The molecule has 0 spiro atoms. The number of alkyl halides is 3. The second-order valence-electron chi connectivity index (χ2n) is 8.22. The van der Waals surface area contributed by atoms with Crippen LogP contribution in [0.2, 0.25) is 0 Å². The molecule has 1 amide bonds. The molecule has 3 aromatic rings. The molecule has 0 radical (unpaired) electrons. The number of halogens is 3. The fourth-order valence-corrected chi connectivity index (χ4v) is 4.53. The number of aromatic nitrogens is 3. The molecule has 2 aliphatic rings. The Balaban J connectivity index is 1.53. The number of benzene rings is 1. The van der Waals surface area contributed by atoms with E-state index >= 15 is 0 Å². The number of rotatable bonds is 3. The normalized spacial score (nSPS) is 18.6. The predicted octanol–water partition coefficient (Wildman–Crippen LogP) is 4.35. The molecule has 1 unspecified atom stereocenters. The van der Waals surface area contributed by atoms with Crippen molar-refractivity contribution < 1.29 is 18.0 Å². The number of amides is 1. The molecule has 5 nitrogen and oxygen atoms in total. The summed E-state index contributed by atoms with van der Waals surface area (Å²) in [7, 11) is 0. The first kappa shape index (κ1) is 19.8. The van der Waals surface area contributed by atoms with Crippen molar-refractivity contribution in [3.05, 3.63) is 65.1 Å². The maximum absolute atomic E-state index is 13.4. The summed E-state index contributed by atoms with van der Waals surface area (Å²) < 4.78 is 41.6. The van der Waals surface area contributed by atoms with Crippen molar-refractivity contribution in [2.45, 2.75) is 44.8 Å². The molecule has 3 heterocycles. The number of fused-ring (bicyclic) bond motifs is 1. The number of nitrogens with zero attached hydrogens (tertiary/aromatic N) is 4. The standard InChI is InChI=1S/C23H21F3N4O/c1-14-4-5-16(13-27-14)20-12-21(23(24,25)26)28-30(20)18-7-6-15-9-19(11-17(15)10-18)29-8-2-3-22(29)31/h4-7,10,12-13,19H,2-3,8-9,11H2,1H3. The highest BCUT2D eigenvalue weighted by Gasteiger charge is 2.36. The molecule has 5 rings (SSSR count). The Bertz CT molecular complexity index is 1150. The highest BCUT2D eigenvalue weighted by molar-refractivity contribution is 5.78. The SMILES string of the molecule is Cc1ccc(-c2cc(C(F)(F)F)nn2-c2ccc3c(c2)CC(N2CCCC2=O)C3)cn1. The van der Waals surface area contributed by atoms with Gasteiger partial charge in [0, 0.05) is 36.5 Å². The molecule has 1 aliphatic carbocycles. The maximum atomic E-state index is 13.4. The van der Waals surface area contributed by atoms with Crippen molar-refractivity contribution >= 4 is 5.91 Å². The summed E-state index contributed by atoms with van der Waals surface area (Å²) in [5.74, 6) is 0.189. The third-order valence-corrected chi connectivity index (χ3v) is 6.10. The van der Waals surface area contributed by atoms with Crippen molar-refractivity contribution in [3.63, 3.8) is 0 Å². The minimum atomic E-state index is -4.55. The van der Waals surface area contributed by atoms with E-state index in [4.69, 9.17) is 0 Å². The van der Waals surface area contributed by atoms with E-state index < -0.39 is 11.9 Å². The molecule has 1 saturated heterocycles. The molecular weight excluding hydrogens is 405 g/mol. The number of aryl methyl sites for hydroxylation is 1. The lowest BCUT2D eigenvalue weighted by Crippen LogP contribution is -2.36. The first-order chi connectivity index (χ1) is 14.8. The van der Waals surface area contributed by atoms with Crippen molar-refractivity contribution in [3.8, 4) is 16.9 Å². The Morgan fingerprint density at radius 2 is 1.87 bits per heavy atom. The van der Waals surface area contributed by atoms with Crippen molar-refractivity contribution in [2.24, 2.45) is 0 Å². The van der Waals surface area contributed by atoms with Gasteiger partial charge in [-0.15, -0.1) is 0 Å². The Morgan fingerprint density at radius 3 is 2.55 bits per heavy atom. The Morgan fingerprint density at radius 1 is 1.06 bits per heavy atom. The maximum Gasteiger partial charge on any atom is 0.435 e. The van der Waals surface area contributed by atoms with Crippen LogP contribution < -0.4 is 0 Å². The largest absolute Gasteiger partial charge is 0.435 e. The molecular formula is C23H21F3N4O. The summed E-state index contributed by atoms with van der Waals surface area (Å²) >= 11 is 0. The van der Waals surface area contributed by atoms with E-state index in [1.54, 1.807) is 24.4 Å². The second-order valence-corrected chi connectivity index (χ2v) is 8.22. The van der Waals surface area contributed by atoms with Crippen LogP contribution in [0, 0.1) is 6.92 Å². The van der Waals surface area contributed by atoms with Crippen LogP contribution in [-0.4, -0.2) is 38.2 Å². The van der Waals surface area contributed by atoms with Gasteiger partial charge in [0.15, 0.2) is 5.69 Å². The van der Waals surface area contributed by atoms with Crippen LogP contribution in [0.4, 0.5) is 13.2 Å². The average Bonchev–Trinajstić information content (AvgIpc) is 3.44. The van der Waals surface area contributed by atoms with E-state index in [-0.39, 0.29) is 11.9 Å². The third-order valence-electron chi connectivity index (χ3n) is 6.10. The van der Waals surface area contributed by atoms with Gasteiger partial charge < -0.3 is 4.90 Å². The van der Waals surface area contributed by atoms with Crippen LogP contribution in [0.5, 0.6) is 0 Å². The fourth-order valence-electron chi connectivity index (χ4n) is 4.53. The zero-order valence-corrected chi connectivity index (χ0v) is 17.0. The van der Waals surface area contributed by atoms with E-state index in [0.717, 1.165) is 42.3 Å². The van der Waals surface area contributed by atoms with Crippen LogP contribution in [-0.2, 0) is 23.8 Å². The molecule has 1 atom stereocenters. The smallest absolute Gasteiger partial charge is 0.339 e. The van der Waals surface area contributed by atoms with Crippen LogP contribution >= 0.6 is 0 Å². The van der Waals surface area contributed by atoms with Gasteiger partial charge >= 0.3 is 6.18 Å². The molecule has 1 aromatic carbocycles. The first-order valence-corrected chi connectivity index (χ1v) is 10.3. The zero-order chi connectivity index (χ0) is 21.8. The molecule has 0 N–H and O–H groups in total. The molecule has 1 fully saturated rings. The zero-order valence-electron chi connectivity index (χ0n) is 17.0. The van der Waals surface area contributed by atoms with Crippen LogP contribution in [0.25, 0.3) is 16.9 Å².